The summed E-state index contributed by atoms with van der Waals surface area (Å²) in [6, 6.07) is 18.9. The van der Waals surface area contributed by atoms with Gasteiger partial charge in [-0.1, -0.05) is 36.4 Å². The van der Waals surface area contributed by atoms with Gasteiger partial charge in [0.05, 0.1) is 5.69 Å². The Hall–Kier alpha value is -4.27. The van der Waals surface area contributed by atoms with Crippen LogP contribution in [0.25, 0.3) is 22.0 Å². The molecule has 0 saturated carbocycles. The van der Waals surface area contributed by atoms with Crippen LogP contribution in [0.1, 0.15) is 6.92 Å². The Labute approximate surface area is 214 Å². The summed E-state index contributed by atoms with van der Waals surface area (Å²) < 4.78 is 27.2. The number of anilines is 3. The maximum absolute atomic E-state index is 14.0. The van der Waals surface area contributed by atoms with Crippen LogP contribution in [0, 0.1) is 11.6 Å². The molecule has 190 valence electrons. The van der Waals surface area contributed by atoms with Gasteiger partial charge in [0.25, 0.3) is 0 Å². The lowest BCUT2D eigenvalue weighted by molar-refractivity contribution is 0.200. The van der Waals surface area contributed by atoms with Crippen LogP contribution < -0.4 is 15.1 Å². The molecule has 1 saturated heterocycles. The monoisotopic (exact) mass is 502 g/mol. The largest absolute Gasteiger partial charge is 0.378 e. The van der Waals surface area contributed by atoms with Crippen LogP contribution in [-0.4, -0.2) is 60.9 Å². The van der Waals surface area contributed by atoms with E-state index >= 15 is 0 Å². The van der Waals surface area contributed by atoms with Gasteiger partial charge in [-0.05, 0) is 31.2 Å². The van der Waals surface area contributed by atoms with Crippen LogP contribution in [0.2, 0.25) is 0 Å². The number of hydrogen-bond donors (Lipinski definition) is 1. The number of nitrogens with zero attached hydrogens (tertiary/aromatic N) is 5. The average molecular weight is 503 g/mol. The Morgan fingerprint density at radius 3 is 2.38 bits per heavy atom. The summed E-state index contributed by atoms with van der Waals surface area (Å²) >= 11 is 0. The number of carbonyl (C=O) groups excluding carboxylic acids is 1. The smallest absolute Gasteiger partial charge is 0.322 e. The lowest BCUT2D eigenvalue weighted by Gasteiger charge is -2.40. The van der Waals surface area contributed by atoms with Crippen LogP contribution in [0.3, 0.4) is 0 Å². The molecule has 0 radical (unpaired) electrons. The Bertz CT molecular complexity index is 1440. The fourth-order valence-corrected chi connectivity index (χ4v) is 4.67. The first kappa shape index (κ1) is 24.4. The number of hydrogen-bond acceptors (Lipinski definition) is 5. The molecule has 2 amide bonds. The molecule has 7 nitrogen and oxygen atoms in total. The number of halogens is 2. The topological polar surface area (TPSA) is 64.6 Å². The van der Waals surface area contributed by atoms with Crippen molar-refractivity contribution < 1.29 is 13.6 Å². The molecule has 1 aliphatic rings. The van der Waals surface area contributed by atoms with E-state index in [4.69, 9.17) is 0 Å². The molecule has 4 aromatic rings. The quantitative estimate of drug-likeness (QED) is 0.406. The number of rotatable bonds is 4. The van der Waals surface area contributed by atoms with Crippen molar-refractivity contribution in [2.24, 2.45) is 0 Å². The minimum absolute atomic E-state index is 0.0486. The van der Waals surface area contributed by atoms with Crippen LogP contribution in [-0.2, 0) is 0 Å². The number of aromatic nitrogens is 2. The predicted molar refractivity (Wildman–Crippen MR) is 143 cm³/mol. The first-order valence-corrected chi connectivity index (χ1v) is 12.1. The van der Waals surface area contributed by atoms with Crippen LogP contribution >= 0.6 is 0 Å². The molecule has 0 bridgehead atoms. The summed E-state index contributed by atoms with van der Waals surface area (Å²) in [5.74, 6) is -0.734. The van der Waals surface area contributed by atoms with E-state index in [1.54, 1.807) is 4.90 Å². The average Bonchev–Trinajstić information content (AvgIpc) is 2.90. The second-order valence-corrected chi connectivity index (χ2v) is 9.40. The lowest BCUT2D eigenvalue weighted by atomic mass is 10.0. The lowest BCUT2D eigenvalue weighted by Crippen LogP contribution is -2.55. The first-order chi connectivity index (χ1) is 17.8. The number of nitrogens with one attached hydrogen (secondary N) is 1. The van der Waals surface area contributed by atoms with Gasteiger partial charge in [0.2, 0.25) is 0 Å². The summed E-state index contributed by atoms with van der Waals surface area (Å²) in [6.07, 6.45) is 0. The number of fused-ring (bicyclic) bond motifs is 1. The zero-order chi connectivity index (χ0) is 26.1. The van der Waals surface area contributed by atoms with Gasteiger partial charge in [-0.2, -0.15) is 0 Å². The molecule has 0 unspecified atom stereocenters. The van der Waals surface area contributed by atoms with Gasteiger partial charge in [0.1, 0.15) is 17.3 Å². The van der Waals surface area contributed by atoms with Crippen LogP contribution in [0.5, 0.6) is 0 Å². The van der Waals surface area contributed by atoms with Gasteiger partial charge in [-0.25, -0.2) is 13.6 Å². The van der Waals surface area contributed by atoms with E-state index in [1.807, 2.05) is 50.2 Å². The van der Waals surface area contributed by atoms with Crippen molar-refractivity contribution in [3.05, 3.63) is 78.4 Å². The molecular formula is C28H28F2N6O. The van der Waals surface area contributed by atoms with E-state index in [-0.39, 0.29) is 11.7 Å². The summed E-state index contributed by atoms with van der Waals surface area (Å²) in [5, 5.41) is 13.8. The van der Waals surface area contributed by atoms with Gasteiger partial charge < -0.3 is 20.0 Å². The van der Waals surface area contributed by atoms with Gasteiger partial charge in [0.15, 0.2) is 5.82 Å². The summed E-state index contributed by atoms with van der Waals surface area (Å²) in [4.78, 5) is 18.6. The highest BCUT2D eigenvalue weighted by Gasteiger charge is 2.29. The van der Waals surface area contributed by atoms with Crippen molar-refractivity contribution in [2.45, 2.75) is 13.0 Å². The third-order valence-corrected chi connectivity index (χ3v) is 6.68. The summed E-state index contributed by atoms with van der Waals surface area (Å²) in [6.45, 7) is 3.39. The van der Waals surface area contributed by atoms with E-state index < -0.39 is 17.7 Å². The third kappa shape index (κ3) is 4.89. The Kier molecular flexibility index (Phi) is 6.60. The molecule has 37 heavy (non-hydrogen) atoms. The molecule has 1 atom stereocenters. The van der Waals surface area contributed by atoms with Crippen LogP contribution in [0.4, 0.5) is 30.8 Å². The van der Waals surface area contributed by atoms with E-state index in [1.165, 1.54) is 6.07 Å². The predicted octanol–water partition coefficient (Wildman–Crippen LogP) is 5.38. The number of amides is 2. The van der Waals surface area contributed by atoms with Crippen molar-refractivity contribution in [3.63, 3.8) is 0 Å². The maximum atomic E-state index is 14.0. The summed E-state index contributed by atoms with van der Waals surface area (Å²) in [5.41, 5.74) is 2.86. The number of carbonyl (C=O) groups is 1. The third-order valence-electron chi connectivity index (χ3n) is 6.68. The Morgan fingerprint density at radius 1 is 0.973 bits per heavy atom. The fourth-order valence-electron chi connectivity index (χ4n) is 4.67. The maximum Gasteiger partial charge on any atom is 0.322 e. The minimum Gasteiger partial charge on any atom is -0.378 e. The molecule has 0 aliphatic carbocycles. The molecule has 1 N–H and O–H groups in total. The molecule has 3 aromatic carbocycles. The number of urea groups is 1. The normalized spacial score (nSPS) is 15.6. The SMILES string of the molecule is C[C@H]1CN(C(=O)Nc2ccc(F)cc2F)CCN1c1nnc(-c2ccc(N(C)C)cc2)c2ccccc12. The number of piperazine rings is 1. The molecule has 0 spiro atoms. The van der Waals surface area contributed by atoms with Crippen molar-refractivity contribution in [3.8, 4) is 11.3 Å². The second kappa shape index (κ2) is 10.0. The van der Waals surface area contributed by atoms with Crippen molar-refractivity contribution >= 4 is 34.0 Å². The molecule has 9 heteroatoms. The molecule has 5 rings (SSSR count). The summed E-state index contributed by atoms with van der Waals surface area (Å²) in [7, 11) is 4.01. The molecule has 2 heterocycles. The molecule has 1 fully saturated rings. The van der Waals surface area contributed by atoms with Crippen molar-refractivity contribution in [2.75, 3.05) is 48.8 Å². The van der Waals surface area contributed by atoms with Gasteiger partial charge in [0, 0.05) is 67.9 Å². The van der Waals surface area contributed by atoms with Crippen molar-refractivity contribution in [1.29, 1.82) is 0 Å². The van der Waals surface area contributed by atoms with Crippen LogP contribution in [0.15, 0.2) is 66.7 Å². The second-order valence-electron chi connectivity index (χ2n) is 9.40. The van der Waals surface area contributed by atoms with E-state index in [0.29, 0.717) is 19.6 Å². The zero-order valence-electron chi connectivity index (χ0n) is 20.9. The van der Waals surface area contributed by atoms with Gasteiger partial charge >= 0.3 is 6.03 Å². The van der Waals surface area contributed by atoms with Gasteiger partial charge in [-0.15, -0.1) is 10.2 Å². The molecular weight excluding hydrogens is 474 g/mol. The highest BCUT2D eigenvalue weighted by molar-refractivity contribution is 6.00. The van der Waals surface area contributed by atoms with E-state index in [2.05, 4.69) is 44.7 Å². The van der Waals surface area contributed by atoms with Crippen molar-refractivity contribution in [1.82, 2.24) is 15.1 Å². The Balaban J connectivity index is 1.37. The molecule has 1 aliphatic heterocycles. The standard InChI is InChI=1S/C28H28F2N6O/c1-18-17-35(28(37)31-25-13-10-20(29)16-24(25)30)14-15-36(18)27-23-7-5-4-6-22(23)26(32-33-27)19-8-11-21(12-9-19)34(2)3/h4-13,16,18H,14-15,17H2,1-3H3,(H,31,37)/t18-/m0/s1. The van der Waals surface area contributed by atoms with E-state index in [9.17, 15) is 13.6 Å². The minimum atomic E-state index is -0.807. The zero-order valence-corrected chi connectivity index (χ0v) is 20.9. The fraction of sp³-hybridized carbons (Fsp3) is 0.250. The Morgan fingerprint density at radius 2 is 1.70 bits per heavy atom. The highest BCUT2D eigenvalue weighted by atomic mass is 19.1. The van der Waals surface area contributed by atoms with Gasteiger partial charge in [-0.3, -0.25) is 0 Å². The number of benzene rings is 3. The first-order valence-electron chi connectivity index (χ1n) is 12.1. The van der Waals surface area contributed by atoms with E-state index in [0.717, 1.165) is 45.7 Å². The highest BCUT2D eigenvalue weighted by Crippen LogP contribution is 2.33. The molecule has 1 aromatic heterocycles.